The van der Waals surface area contributed by atoms with Gasteiger partial charge in [0.1, 0.15) is 0 Å². The van der Waals surface area contributed by atoms with Crippen molar-refractivity contribution < 1.29 is 0 Å². The van der Waals surface area contributed by atoms with Gasteiger partial charge in [-0.05, 0) is 91.6 Å². The first-order valence-corrected chi connectivity index (χ1v) is 10.0. The van der Waals surface area contributed by atoms with E-state index < -0.39 is 0 Å². The quantitative estimate of drug-likeness (QED) is 0.665. The molecule has 9 atom stereocenters. The van der Waals surface area contributed by atoms with Gasteiger partial charge in [0.2, 0.25) is 0 Å². The highest BCUT2D eigenvalue weighted by molar-refractivity contribution is 7.99. The molecule has 1 heteroatoms. The highest BCUT2D eigenvalue weighted by Crippen LogP contribution is 2.73. The van der Waals surface area contributed by atoms with Gasteiger partial charge in [-0.3, -0.25) is 0 Å². The second kappa shape index (κ2) is 4.18. The Labute approximate surface area is 122 Å². The Morgan fingerprint density at radius 3 is 2.42 bits per heavy atom. The molecule has 0 aromatic carbocycles. The highest BCUT2D eigenvalue weighted by Gasteiger charge is 2.67. The van der Waals surface area contributed by atoms with Crippen molar-refractivity contribution in [2.24, 2.45) is 47.3 Å². The summed E-state index contributed by atoms with van der Waals surface area (Å²) in [6, 6.07) is 0. The zero-order chi connectivity index (χ0) is 12.6. The molecule has 4 bridgehead atoms. The average molecular weight is 276 g/mol. The Balaban J connectivity index is 1.40. The Morgan fingerprint density at radius 2 is 1.63 bits per heavy atom. The lowest BCUT2D eigenvalue weighted by molar-refractivity contribution is 0.0741. The van der Waals surface area contributed by atoms with Crippen molar-refractivity contribution in [2.45, 2.75) is 57.1 Å². The van der Waals surface area contributed by atoms with E-state index in [4.69, 9.17) is 0 Å². The second-order valence-corrected chi connectivity index (χ2v) is 9.63. The standard InChI is InChI=1S/C18H28S/c1-2-6-19-16-8-10-7-15(16)18-14-9-13(17(10)18)11-4-3-5-12(11)14/h10-18H,2-9H2,1H3. The molecule has 9 unspecified atom stereocenters. The summed E-state index contributed by atoms with van der Waals surface area (Å²) in [5.74, 6) is 11.0. The third-order valence-electron chi connectivity index (χ3n) is 7.86. The minimum absolute atomic E-state index is 1.07. The predicted octanol–water partition coefficient (Wildman–Crippen LogP) is 4.84. The van der Waals surface area contributed by atoms with Gasteiger partial charge < -0.3 is 0 Å². The summed E-state index contributed by atoms with van der Waals surface area (Å²) >= 11 is 2.35. The Kier molecular flexibility index (Phi) is 2.63. The smallest absolute Gasteiger partial charge is 0.00810 e. The van der Waals surface area contributed by atoms with Gasteiger partial charge in [0.15, 0.2) is 0 Å². The summed E-state index contributed by atoms with van der Waals surface area (Å²) in [5, 5.41) is 1.07. The van der Waals surface area contributed by atoms with Crippen LogP contribution in [0, 0.1) is 47.3 Å². The Hall–Kier alpha value is 0.350. The van der Waals surface area contributed by atoms with Crippen molar-refractivity contribution >= 4 is 11.8 Å². The zero-order valence-electron chi connectivity index (χ0n) is 12.3. The van der Waals surface area contributed by atoms with Crippen LogP contribution in [0.3, 0.4) is 0 Å². The number of hydrogen-bond donors (Lipinski definition) is 0. The van der Waals surface area contributed by atoms with E-state index in [0.29, 0.717) is 0 Å². The molecule has 0 amide bonds. The van der Waals surface area contributed by atoms with Crippen molar-refractivity contribution in [3.63, 3.8) is 0 Å². The number of hydrogen-bond acceptors (Lipinski definition) is 1. The number of fused-ring (bicyclic) bond motifs is 12. The normalized spacial score (nSPS) is 60.8. The summed E-state index contributed by atoms with van der Waals surface area (Å²) < 4.78 is 0. The lowest BCUT2D eigenvalue weighted by atomic mass is 9.64. The molecule has 0 aromatic heterocycles. The van der Waals surface area contributed by atoms with Gasteiger partial charge in [0.05, 0.1) is 0 Å². The van der Waals surface area contributed by atoms with Crippen LogP contribution in [0.2, 0.25) is 0 Å². The van der Waals surface area contributed by atoms with E-state index in [1.165, 1.54) is 53.6 Å². The van der Waals surface area contributed by atoms with E-state index in [-0.39, 0.29) is 0 Å². The average Bonchev–Trinajstić information content (AvgIpc) is 3.13. The van der Waals surface area contributed by atoms with Crippen molar-refractivity contribution in [1.82, 2.24) is 0 Å². The molecule has 5 aliphatic rings. The monoisotopic (exact) mass is 276 g/mol. The molecule has 0 heterocycles. The number of rotatable bonds is 3. The van der Waals surface area contributed by atoms with Crippen LogP contribution < -0.4 is 0 Å². The molecular weight excluding hydrogens is 248 g/mol. The molecule has 0 radical (unpaired) electrons. The molecule has 0 saturated heterocycles. The molecule has 5 aliphatic carbocycles. The van der Waals surface area contributed by atoms with Crippen LogP contribution >= 0.6 is 11.8 Å². The summed E-state index contributed by atoms with van der Waals surface area (Å²) in [7, 11) is 0. The first kappa shape index (κ1) is 12.0. The topological polar surface area (TPSA) is 0 Å². The number of thioether (sulfide) groups is 1. The molecule has 0 nitrogen and oxygen atoms in total. The van der Waals surface area contributed by atoms with Crippen LogP contribution in [0.4, 0.5) is 0 Å². The maximum absolute atomic E-state index is 2.35. The van der Waals surface area contributed by atoms with Crippen molar-refractivity contribution in [3.8, 4) is 0 Å². The summed E-state index contributed by atoms with van der Waals surface area (Å²) in [5.41, 5.74) is 0. The zero-order valence-corrected chi connectivity index (χ0v) is 13.1. The van der Waals surface area contributed by atoms with Crippen molar-refractivity contribution in [1.29, 1.82) is 0 Å². The Bertz CT molecular complexity index is 376. The summed E-state index contributed by atoms with van der Waals surface area (Å²) in [6.07, 6.45) is 11.1. The van der Waals surface area contributed by atoms with Gasteiger partial charge in [0.25, 0.3) is 0 Å². The molecule has 5 fully saturated rings. The second-order valence-electron chi connectivity index (χ2n) is 8.28. The van der Waals surface area contributed by atoms with Crippen LogP contribution in [0.1, 0.15) is 51.9 Å². The van der Waals surface area contributed by atoms with E-state index in [2.05, 4.69) is 18.7 Å². The molecule has 0 aliphatic heterocycles. The van der Waals surface area contributed by atoms with Crippen LogP contribution in [0.25, 0.3) is 0 Å². The highest BCUT2D eigenvalue weighted by atomic mass is 32.2. The lowest BCUT2D eigenvalue weighted by Gasteiger charge is -2.43. The molecular formula is C18H28S. The Morgan fingerprint density at radius 1 is 0.842 bits per heavy atom. The van der Waals surface area contributed by atoms with Crippen LogP contribution in [0.5, 0.6) is 0 Å². The van der Waals surface area contributed by atoms with Gasteiger partial charge in [-0.15, -0.1) is 0 Å². The van der Waals surface area contributed by atoms with Gasteiger partial charge in [-0.1, -0.05) is 13.3 Å². The summed E-state index contributed by atoms with van der Waals surface area (Å²) in [4.78, 5) is 0. The fraction of sp³-hybridized carbons (Fsp3) is 1.00. The van der Waals surface area contributed by atoms with Crippen LogP contribution in [-0.2, 0) is 0 Å². The molecule has 0 N–H and O–H groups in total. The van der Waals surface area contributed by atoms with E-state index >= 15 is 0 Å². The van der Waals surface area contributed by atoms with E-state index in [0.717, 1.165) is 11.2 Å². The molecule has 0 spiro atoms. The molecule has 0 aromatic rings. The van der Waals surface area contributed by atoms with Crippen molar-refractivity contribution in [2.75, 3.05) is 5.75 Å². The minimum Gasteiger partial charge on any atom is -0.158 e. The van der Waals surface area contributed by atoms with Gasteiger partial charge in [-0.2, -0.15) is 11.8 Å². The van der Waals surface area contributed by atoms with Crippen molar-refractivity contribution in [3.05, 3.63) is 0 Å². The van der Waals surface area contributed by atoms with Gasteiger partial charge >= 0.3 is 0 Å². The minimum atomic E-state index is 1.07. The first-order chi connectivity index (χ1) is 9.38. The molecule has 19 heavy (non-hydrogen) atoms. The third-order valence-corrected chi connectivity index (χ3v) is 9.48. The van der Waals surface area contributed by atoms with Gasteiger partial charge in [0, 0.05) is 5.25 Å². The molecule has 5 saturated carbocycles. The fourth-order valence-electron chi connectivity index (χ4n) is 7.72. The van der Waals surface area contributed by atoms with Crippen LogP contribution in [0.15, 0.2) is 0 Å². The molecule has 5 rings (SSSR count). The van der Waals surface area contributed by atoms with E-state index in [1.807, 2.05) is 0 Å². The SMILES string of the molecule is CCCSC1CC2CC1C1C3CC(C4CCCC43)C21. The lowest BCUT2D eigenvalue weighted by Crippen LogP contribution is -2.39. The largest absolute Gasteiger partial charge is 0.158 e. The molecule has 106 valence electrons. The fourth-order valence-corrected chi connectivity index (χ4v) is 9.18. The van der Waals surface area contributed by atoms with Crippen LogP contribution in [-0.4, -0.2) is 11.0 Å². The third kappa shape index (κ3) is 1.44. The van der Waals surface area contributed by atoms with Gasteiger partial charge in [-0.25, -0.2) is 0 Å². The van der Waals surface area contributed by atoms with E-state index in [9.17, 15) is 0 Å². The maximum atomic E-state index is 2.35. The first-order valence-electron chi connectivity index (χ1n) is 9.00. The summed E-state index contributed by atoms with van der Waals surface area (Å²) in [6.45, 7) is 2.35. The predicted molar refractivity (Wildman–Crippen MR) is 82.2 cm³/mol. The maximum Gasteiger partial charge on any atom is 0.00810 e. The van der Waals surface area contributed by atoms with E-state index in [1.54, 1.807) is 38.5 Å².